The molecule has 0 aromatic heterocycles. The van der Waals surface area contributed by atoms with Gasteiger partial charge in [-0.05, 0) is 43.9 Å². The van der Waals surface area contributed by atoms with Gasteiger partial charge in [0.25, 0.3) is 0 Å². The molecule has 0 saturated heterocycles. The van der Waals surface area contributed by atoms with Crippen LogP contribution in [0.3, 0.4) is 0 Å². The summed E-state index contributed by atoms with van der Waals surface area (Å²) in [7, 11) is 0. The third-order valence-corrected chi connectivity index (χ3v) is 5.09. The van der Waals surface area contributed by atoms with Crippen molar-refractivity contribution in [1.29, 1.82) is 0 Å². The third kappa shape index (κ3) is 2.35. The van der Waals surface area contributed by atoms with Gasteiger partial charge in [-0.3, -0.25) is 9.59 Å². The summed E-state index contributed by atoms with van der Waals surface area (Å²) in [5.74, 6) is -1.87. The summed E-state index contributed by atoms with van der Waals surface area (Å²) >= 11 is 0. The fourth-order valence-electron chi connectivity index (χ4n) is 4.03. The molecule has 0 aromatic rings. The first-order valence-electron chi connectivity index (χ1n) is 7.46. The van der Waals surface area contributed by atoms with Crippen molar-refractivity contribution in [3.05, 3.63) is 12.2 Å². The molecule has 4 atom stereocenters. The number of fused-ring (bicyclic) bond motifs is 2. The third-order valence-electron chi connectivity index (χ3n) is 5.09. The van der Waals surface area contributed by atoms with Crippen LogP contribution in [0.2, 0.25) is 0 Å². The van der Waals surface area contributed by atoms with E-state index in [1.54, 1.807) is 0 Å². The summed E-state index contributed by atoms with van der Waals surface area (Å²) in [6.45, 7) is 0. The number of allylic oxidation sites excluding steroid dienone is 2. The van der Waals surface area contributed by atoms with E-state index < -0.39 is 17.8 Å². The van der Waals surface area contributed by atoms with Crippen LogP contribution in [-0.4, -0.2) is 34.2 Å². The Kier molecular flexibility index (Phi) is 3.54. The maximum Gasteiger partial charge on any atom is 0.307 e. The molecule has 2 unspecified atom stereocenters. The van der Waals surface area contributed by atoms with Gasteiger partial charge >= 0.3 is 5.97 Å². The first-order chi connectivity index (χ1) is 9.56. The number of carboxylic acids is 1. The average Bonchev–Trinajstić information content (AvgIpc) is 3.01. The number of rotatable bonds is 3. The van der Waals surface area contributed by atoms with Gasteiger partial charge in [-0.25, -0.2) is 0 Å². The molecular weight excluding hydrogens is 258 g/mol. The normalized spacial score (nSPS) is 42.6. The molecule has 0 aliphatic heterocycles. The number of carboxylic acid groups (broad SMARTS) is 1. The van der Waals surface area contributed by atoms with Crippen molar-refractivity contribution in [2.24, 2.45) is 23.7 Å². The molecule has 1 amide bonds. The molecule has 3 N–H and O–H groups in total. The Morgan fingerprint density at radius 1 is 1.00 bits per heavy atom. The van der Waals surface area contributed by atoms with Crippen LogP contribution >= 0.6 is 0 Å². The molecule has 110 valence electrons. The van der Waals surface area contributed by atoms with E-state index in [0.29, 0.717) is 12.8 Å². The second-order valence-corrected chi connectivity index (χ2v) is 6.35. The van der Waals surface area contributed by atoms with Crippen LogP contribution in [-0.2, 0) is 9.59 Å². The number of hydrogen-bond acceptors (Lipinski definition) is 3. The van der Waals surface area contributed by atoms with Gasteiger partial charge < -0.3 is 15.5 Å². The number of carbonyl (C=O) groups excluding carboxylic acids is 1. The van der Waals surface area contributed by atoms with Gasteiger partial charge in [0.2, 0.25) is 5.91 Å². The highest BCUT2D eigenvalue weighted by Crippen LogP contribution is 2.48. The lowest BCUT2D eigenvalue weighted by molar-refractivity contribution is -0.148. The molecule has 2 bridgehead atoms. The monoisotopic (exact) mass is 279 g/mol. The van der Waals surface area contributed by atoms with Gasteiger partial charge in [0.15, 0.2) is 0 Å². The van der Waals surface area contributed by atoms with Crippen molar-refractivity contribution in [3.8, 4) is 0 Å². The van der Waals surface area contributed by atoms with Crippen LogP contribution in [0.4, 0.5) is 0 Å². The minimum Gasteiger partial charge on any atom is -0.481 e. The zero-order chi connectivity index (χ0) is 14.3. The Labute approximate surface area is 118 Å². The predicted octanol–water partition coefficient (Wildman–Crippen LogP) is 0.929. The lowest BCUT2D eigenvalue weighted by Crippen LogP contribution is -2.45. The van der Waals surface area contributed by atoms with Crippen molar-refractivity contribution >= 4 is 11.9 Å². The number of aliphatic carboxylic acids is 1. The number of aliphatic hydroxyl groups is 1. The van der Waals surface area contributed by atoms with Crippen LogP contribution < -0.4 is 5.32 Å². The molecule has 5 nitrogen and oxygen atoms in total. The van der Waals surface area contributed by atoms with E-state index in [1.165, 1.54) is 0 Å². The summed E-state index contributed by atoms with van der Waals surface area (Å²) in [6, 6.07) is 0.0865. The molecule has 0 heterocycles. The van der Waals surface area contributed by atoms with Crippen LogP contribution in [0.25, 0.3) is 0 Å². The number of aliphatic hydroxyl groups excluding tert-OH is 1. The number of nitrogens with one attached hydrogen (secondary N) is 1. The summed E-state index contributed by atoms with van der Waals surface area (Å²) in [6.07, 6.45) is 7.47. The average molecular weight is 279 g/mol. The molecule has 5 heteroatoms. The molecule has 0 spiro atoms. The molecule has 20 heavy (non-hydrogen) atoms. The maximum atomic E-state index is 12.4. The molecule has 3 aliphatic rings. The van der Waals surface area contributed by atoms with Crippen molar-refractivity contribution in [1.82, 2.24) is 5.32 Å². The number of amides is 1. The molecular formula is C15H21NO4. The highest BCUT2D eigenvalue weighted by molar-refractivity contribution is 5.87. The summed E-state index contributed by atoms with van der Waals surface area (Å²) < 4.78 is 0. The predicted molar refractivity (Wildman–Crippen MR) is 71.8 cm³/mol. The first-order valence-corrected chi connectivity index (χ1v) is 7.46. The zero-order valence-corrected chi connectivity index (χ0v) is 11.4. The Bertz CT molecular complexity index is 439. The molecule has 0 radical (unpaired) electrons. The van der Waals surface area contributed by atoms with Crippen molar-refractivity contribution < 1.29 is 19.8 Å². The minimum absolute atomic E-state index is 0.0152. The lowest BCUT2D eigenvalue weighted by Gasteiger charge is -2.30. The maximum absolute atomic E-state index is 12.4. The molecule has 0 aromatic carbocycles. The van der Waals surface area contributed by atoms with Crippen molar-refractivity contribution in [2.75, 3.05) is 0 Å². The zero-order valence-electron chi connectivity index (χ0n) is 11.4. The summed E-state index contributed by atoms with van der Waals surface area (Å²) in [5.41, 5.74) is 0. The van der Waals surface area contributed by atoms with E-state index in [0.717, 1.165) is 19.3 Å². The largest absolute Gasteiger partial charge is 0.481 e. The Hall–Kier alpha value is -1.36. The Morgan fingerprint density at radius 2 is 1.60 bits per heavy atom. The molecule has 3 aliphatic carbocycles. The molecule has 2 saturated carbocycles. The van der Waals surface area contributed by atoms with E-state index in [2.05, 4.69) is 5.32 Å². The minimum atomic E-state index is -0.860. The van der Waals surface area contributed by atoms with E-state index >= 15 is 0 Å². The lowest BCUT2D eigenvalue weighted by atomic mass is 9.82. The summed E-state index contributed by atoms with van der Waals surface area (Å²) in [5, 5.41) is 21.8. The van der Waals surface area contributed by atoms with Crippen LogP contribution in [0, 0.1) is 23.7 Å². The molecule has 2 fully saturated rings. The topological polar surface area (TPSA) is 86.6 Å². The second kappa shape index (κ2) is 5.20. The highest BCUT2D eigenvalue weighted by atomic mass is 16.4. The quantitative estimate of drug-likeness (QED) is 0.671. The smallest absolute Gasteiger partial charge is 0.307 e. The van der Waals surface area contributed by atoms with E-state index in [4.69, 9.17) is 0 Å². The van der Waals surface area contributed by atoms with Crippen LogP contribution in [0.1, 0.15) is 32.1 Å². The van der Waals surface area contributed by atoms with Crippen molar-refractivity contribution in [2.45, 2.75) is 44.2 Å². The van der Waals surface area contributed by atoms with Gasteiger partial charge in [0.05, 0.1) is 17.9 Å². The van der Waals surface area contributed by atoms with Crippen LogP contribution in [0.5, 0.6) is 0 Å². The number of carbonyl (C=O) groups is 2. The number of hydrogen-bond donors (Lipinski definition) is 3. The van der Waals surface area contributed by atoms with Gasteiger partial charge in [0, 0.05) is 6.04 Å². The summed E-state index contributed by atoms with van der Waals surface area (Å²) in [4.78, 5) is 23.8. The second-order valence-electron chi connectivity index (χ2n) is 6.35. The van der Waals surface area contributed by atoms with Crippen molar-refractivity contribution in [3.63, 3.8) is 0 Å². The van der Waals surface area contributed by atoms with Crippen LogP contribution in [0.15, 0.2) is 12.2 Å². The van der Waals surface area contributed by atoms with E-state index in [-0.39, 0.29) is 29.9 Å². The molecule has 3 rings (SSSR count). The SMILES string of the molecule is O=C(O)[C@@H]1C2C=CC(C2)[C@@H]1C(=O)NC1CCC(O)CC1. The van der Waals surface area contributed by atoms with E-state index in [1.807, 2.05) is 12.2 Å². The standard InChI is InChI=1S/C15H21NO4/c17-11-5-3-10(4-6-11)16-14(18)12-8-1-2-9(7-8)13(12)15(19)20/h1-2,8-13,17H,3-7H2,(H,16,18)(H,19,20)/t8?,9?,10?,11?,12-,13+/m0/s1. The first kappa shape index (κ1) is 13.6. The Morgan fingerprint density at radius 3 is 2.20 bits per heavy atom. The van der Waals surface area contributed by atoms with Gasteiger partial charge in [-0.1, -0.05) is 12.2 Å². The van der Waals surface area contributed by atoms with Gasteiger partial charge in [-0.2, -0.15) is 0 Å². The fourth-order valence-corrected chi connectivity index (χ4v) is 4.03. The van der Waals surface area contributed by atoms with Gasteiger partial charge in [-0.15, -0.1) is 0 Å². The van der Waals surface area contributed by atoms with E-state index in [9.17, 15) is 19.8 Å². The Balaban J connectivity index is 1.64. The highest BCUT2D eigenvalue weighted by Gasteiger charge is 2.51. The van der Waals surface area contributed by atoms with Gasteiger partial charge in [0.1, 0.15) is 0 Å². The fraction of sp³-hybridized carbons (Fsp3) is 0.733.